The Balaban J connectivity index is 2.51. The number of hydrogen-bond donors (Lipinski definition) is 1. The quantitative estimate of drug-likeness (QED) is 0.891. The van der Waals surface area contributed by atoms with E-state index in [2.05, 4.69) is 42.2 Å². The highest BCUT2D eigenvalue weighted by Crippen LogP contribution is 2.30. The summed E-state index contributed by atoms with van der Waals surface area (Å²) < 4.78 is 15.9. The van der Waals surface area contributed by atoms with Crippen molar-refractivity contribution < 1.29 is 4.39 Å². The van der Waals surface area contributed by atoms with Gasteiger partial charge in [-0.2, -0.15) is 0 Å². The van der Waals surface area contributed by atoms with Crippen LogP contribution in [0.25, 0.3) is 0 Å². The third kappa shape index (κ3) is 2.27. The van der Waals surface area contributed by atoms with Gasteiger partial charge in [-0.1, -0.05) is 17.3 Å². The molecule has 0 amide bonds. The van der Waals surface area contributed by atoms with Gasteiger partial charge < -0.3 is 5.73 Å². The molecule has 0 fully saturated rings. The minimum Gasteiger partial charge on any atom is -0.319 e. The van der Waals surface area contributed by atoms with Crippen molar-refractivity contribution in [3.63, 3.8) is 0 Å². The van der Waals surface area contributed by atoms with Gasteiger partial charge in [-0.05, 0) is 43.5 Å². The Kier molecular flexibility index (Phi) is 3.60. The van der Waals surface area contributed by atoms with Crippen LogP contribution in [0.15, 0.2) is 27.3 Å². The molecule has 0 aliphatic carbocycles. The molecular weight excluding hydrogens is 355 g/mol. The smallest absolute Gasteiger partial charge is 0.153 e. The molecule has 1 heterocycles. The van der Waals surface area contributed by atoms with Gasteiger partial charge in [-0.25, -0.2) is 9.07 Å². The van der Waals surface area contributed by atoms with Crippen LogP contribution < -0.4 is 5.73 Å². The summed E-state index contributed by atoms with van der Waals surface area (Å²) in [6.07, 6.45) is 0. The van der Waals surface area contributed by atoms with Gasteiger partial charge in [0.25, 0.3) is 0 Å². The van der Waals surface area contributed by atoms with E-state index in [4.69, 9.17) is 5.73 Å². The van der Waals surface area contributed by atoms with Crippen LogP contribution in [-0.2, 0) is 7.05 Å². The molecular formula is C10H9Br2FN4. The van der Waals surface area contributed by atoms with E-state index < -0.39 is 6.04 Å². The van der Waals surface area contributed by atoms with Gasteiger partial charge >= 0.3 is 0 Å². The summed E-state index contributed by atoms with van der Waals surface area (Å²) in [5.41, 5.74) is 7.44. The second-order valence-electron chi connectivity index (χ2n) is 3.51. The molecule has 0 aliphatic rings. The third-order valence-corrected chi connectivity index (χ3v) is 3.84. The van der Waals surface area contributed by atoms with Crippen LogP contribution >= 0.6 is 31.9 Å². The lowest BCUT2D eigenvalue weighted by molar-refractivity contribution is 0.609. The van der Waals surface area contributed by atoms with Crippen molar-refractivity contribution in [1.82, 2.24) is 15.0 Å². The summed E-state index contributed by atoms with van der Waals surface area (Å²) in [6, 6.07) is 4.25. The Bertz CT molecular complexity index is 536. The van der Waals surface area contributed by atoms with Crippen molar-refractivity contribution in [2.75, 3.05) is 0 Å². The largest absolute Gasteiger partial charge is 0.319 e. The Morgan fingerprint density at radius 1 is 1.41 bits per heavy atom. The molecule has 0 spiro atoms. The number of aryl methyl sites for hydroxylation is 1. The molecule has 17 heavy (non-hydrogen) atoms. The van der Waals surface area contributed by atoms with Crippen molar-refractivity contribution in [3.8, 4) is 0 Å². The van der Waals surface area contributed by atoms with Crippen LogP contribution in [0.3, 0.4) is 0 Å². The molecule has 90 valence electrons. The summed E-state index contributed by atoms with van der Waals surface area (Å²) in [5, 5.41) is 7.70. The lowest BCUT2D eigenvalue weighted by Crippen LogP contribution is -2.17. The summed E-state index contributed by atoms with van der Waals surface area (Å²) in [6.45, 7) is 0. The molecule has 1 aromatic heterocycles. The van der Waals surface area contributed by atoms with E-state index in [9.17, 15) is 4.39 Å². The molecule has 0 aliphatic heterocycles. The fourth-order valence-electron chi connectivity index (χ4n) is 1.58. The Hall–Kier alpha value is -0.790. The number of aromatic nitrogens is 3. The molecule has 1 atom stereocenters. The number of halogens is 3. The molecule has 0 bridgehead atoms. The maximum atomic E-state index is 13.4. The van der Waals surface area contributed by atoms with Crippen LogP contribution in [0.1, 0.15) is 17.3 Å². The van der Waals surface area contributed by atoms with E-state index in [1.807, 2.05) is 0 Å². The number of hydrogen-bond acceptors (Lipinski definition) is 3. The van der Waals surface area contributed by atoms with Crippen molar-refractivity contribution >= 4 is 31.9 Å². The van der Waals surface area contributed by atoms with Crippen molar-refractivity contribution in [1.29, 1.82) is 0 Å². The van der Waals surface area contributed by atoms with Crippen molar-refractivity contribution in [3.05, 3.63) is 44.3 Å². The minimum absolute atomic E-state index is 0.343. The average molecular weight is 364 g/mol. The van der Waals surface area contributed by atoms with E-state index in [0.29, 0.717) is 20.3 Å². The minimum atomic E-state index is -0.505. The lowest BCUT2D eigenvalue weighted by atomic mass is 10.1. The van der Waals surface area contributed by atoms with E-state index in [1.165, 1.54) is 6.07 Å². The van der Waals surface area contributed by atoms with Crippen LogP contribution in [-0.4, -0.2) is 15.0 Å². The maximum absolute atomic E-state index is 13.4. The van der Waals surface area contributed by atoms with E-state index in [1.54, 1.807) is 23.9 Å². The first-order valence-electron chi connectivity index (χ1n) is 4.77. The third-order valence-electron chi connectivity index (χ3n) is 2.44. The van der Waals surface area contributed by atoms with Gasteiger partial charge in [0.05, 0.1) is 16.2 Å². The molecule has 0 saturated carbocycles. The molecule has 2 rings (SSSR count). The molecule has 1 aromatic carbocycles. The van der Waals surface area contributed by atoms with Gasteiger partial charge in [0.15, 0.2) is 4.60 Å². The SMILES string of the molecule is Cn1nnc(Br)c1C(N)c1cccc(F)c1Br. The first kappa shape index (κ1) is 12.7. The fraction of sp³-hybridized carbons (Fsp3) is 0.200. The lowest BCUT2D eigenvalue weighted by Gasteiger charge is -2.14. The van der Waals surface area contributed by atoms with Gasteiger partial charge in [-0.15, -0.1) is 5.10 Å². The summed E-state index contributed by atoms with van der Waals surface area (Å²) in [4.78, 5) is 0. The zero-order chi connectivity index (χ0) is 12.6. The normalized spacial score (nSPS) is 12.8. The van der Waals surface area contributed by atoms with E-state index in [-0.39, 0.29) is 5.82 Å². The predicted molar refractivity (Wildman–Crippen MR) is 68.8 cm³/mol. The average Bonchev–Trinajstić information content (AvgIpc) is 2.62. The van der Waals surface area contributed by atoms with Crippen LogP contribution in [0.2, 0.25) is 0 Å². The molecule has 2 aromatic rings. The van der Waals surface area contributed by atoms with Crippen LogP contribution in [0.5, 0.6) is 0 Å². The first-order valence-corrected chi connectivity index (χ1v) is 6.35. The van der Waals surface area contributed by atoms with E-state index in [0.717, 1.165) is 0 Å². The molecule has 0 saturated heterocycles. The molecule has 1 unspecified atom stereocenters. The highest BCUT2D eigenvalue weighted by Gasteiger charge is 2.21. The molecule has 7 heteroatoms. The zero-order valence-corrected chi connectivity index (χ0v) is 12.0. The standard InChI is InChI=1S/C10H9Br2FN4/c1-17-9(10(12)15-16-17)8(14)5-3-2-4-6(13)7(5)11/h2-4,8H,14H2,1H3. The second-order valence-corrected chi connectivity index (χ2v) is 5.05. The van der Waals surface area contributed by atoms with Crippen LogP contribution in [0, 0.1) is 5.82 Å². The summed E-state index contributed by atoms with van der Waals surface area (Å²) in [7, 11) is 1.74. The fourth-order valence-corrected chi connectivity index (χ4v) is 2.66. The topological polar surface area (TPSA) is 56.7 Å². The first-order chi connectivity index (χ1) is 8.02. The highest BCUT2D eigenvalue weighted by molar-refractivity contribution is 9.10. The maximum Gasteiger partial charge on any atom is 0.153 e. The number of nitrogens with zero attached hydrogens (tertiary/aromatic N) is 3. The monoisotopic (exact) mass is 362 g/mol. The van der Waals surface area contributed by atoms with Gasteiger partial charge in [0, 0.05) is 7.05 Å². The predicted octanol–water partition coefficient (Wildman–Crippen LogP) is 2.53. The second kappa shape index (κ2) is 4.83. The molecule has 0 radical (unpaired) electrons. The Morgan fingerprint density at radius 2 is 2.12 bits per heavy atom. The molecule has 2 N–H and O–H groups in total. The number of nitrogens with two attached hydrogens (primary N) is 1. The van der Waals surface area contributed by atoms with E-state index >= 15 is 0 Å². The summed E-state index contributed by atoms with van der Waals surface area (Å²) in [5.74, 6) is -0.343. The summed E-state index contributed by atoms with van der Waals surface area (Å²) >= 11 is 6.47. The van der Waals surface area contributed by atoms with Gasteiger partial charge in [-0.3, -0.25) is 0 Å². The van der Waals surface area contributed by atoms with Crippen molar-refractivity contribution in [2.24, 2.45) is 12.8 Å². The number of benzene rings is 1. The zero-order valence-electron chi connectivity index (χ0n) is 8.86. The highest BCUT2D eigenvalue weighted by atomic mass is 79.9. The van der Waals surface area contributed by atoms with Crippen molar-refractivity contribution in [2.45, 2.75) is 6.04 Å². The Labute approximate surface area is 114 Å². The number of rotatable bonds is 2. The van der Waals surface area contributed by atoms with Gasteiger partial charge in [0.1, 0.15) is 5.82 Å². The van der Waals surface area contributed by atoms with Crippen LogP contribution in [0.4, 0.5) is 4.39 Å². The Morgan fingerprint density at radius 3 is 2.71 bits per heavy atom. The van der Waals surface area contributed by atoms with Gasteiger partial charge in [0.2, 0.25) is 0 Å². The molecule has 4 nitrogen and oxygen atoms in total.